The molecule has 0 aliphatic heterocycles. The fourth-order valence-corrected chi connectivity index (χ4v) is 0.465. The van der Waals surface area contributed by atoms with Crippen molar-refractivity contribution in [3.05, 3.63) is 12.2 Å². The van der Waals surface area contributed by atoms with Crippen molar-refractivity contribution in [3.63, 3.8) is 0 Å². The molecule has 0 rings (SSSR count). The van der Waals surface area contributed by atoms with Crippen LogP contribution in [0.2, 0.25) is 0 Å². The van der Waals surface area contributed by atoms with Gasteiger partial charge in [0.05, 0.1) is 0 Å². The number of allylic oxidation sites excluding steroid dienone is 1. The van der Waals surface area contributed by atoms with E-state index in [9.17, 15) is 4.79 Å². The molecule has 0 spiro atoms. The molecule has 13 heavy (non-hydrogen) atoms. The van der Waals surface area contributed by atoms with Crippen LogP contribution in [0.4, 0.5) is 0 Å². The van der Waals surface area contributed by atoms with Crippen LogP contribution in [0.25, 0.3) is 0 Å². The lowest BCUT2D eigenvalue weighted by atomic mass is 10.3. The summed E-state index contributed by atoms with van der Waals surface area (Å²) in [6, 6.07) is 0. The minimum atomic E-state index is -1.03. The zero-order valence-electron chi connectivity index (χ0n) is 7.08. The summed E-state index contributed by atoms with van der Waals surface area (Å²) in [6.07, 6.45) is 3.42. The van der Waals surface area contributed by atoms with Crippen LogP contribution in [0.3, 0.4) is 0 Å². The highest BCUT2D eigenvalue weighted by molar-refractivity contribution is 5.80. The number of aliphatic hydroxyl groups is 1. The summed E-state index contributed by atoms with van der Waals surface area (Å²) in [4.78, 5) is 9.95. The van der Waals surface area contributed by atoms with E-state index >= 15 is 0 Å². The average Bonchev–Trinajstić information content (AvgIpc) is 2.09. The fraction of sp³-hybridized carbons (Fsp3) is 0.300. The smallest absolute Gasteiger partial charge is 0.328 e. The third kappa shape index (κ3) is 10.3. The average molecular weight is 178 g/mol. The molecule has 0 aromatic heterocycles. The van der Waals surface area contributed by atoms with Gasteiger partial charge in [0, 0.05) is 19.1 Å². The highest BCUT2D eigenvalue weighted by Gasteiger charge is 1.79. The third-order valence-corrected chi connectivity index (χ3v) is 0.992. The van der Waals surface area contributed by atoms with Crippen molar-refractivity contribution >= 4 is 5.97 Å². The molecule has 0 saturated carbocycles. The second-order valence-corrected chi connectivity index (χ2v) is 2.07. The number of carbonyl (C=O) groups is 1. The lowest BCUT2D eigenvalue weighted by Crippen LogP contribution is -1.84. The number of hydrogen-bond donors (Lipinski definition) is 2. The van der Waals surface area contributed by atoms with Crippen LogP contribution in [-0.4, -0.2) is 22.8 Å². The van der Waals surface area contributed by atoms with E-state index in [2.05, 4.69) is 23.7 Å². The van der Waals surface area contributed by atoms with E-state index in [4.69, 9.17) is 10.2 Å². The van der Waals surface area contributed by atoms with Gasteiger partial charge in [0.15, 0.2) is 0 Å². The van der Waals surface area contributed by atoms with E-state index in [-0.39, 0.29) is 6.61 Å². The van der Waals surface area contributed by atoms with Crippen LogP contribution in [0.15, 0.2) is 12.2 Å². The van der Waals surface area contributed by atoms with E-state index in [0.717, 1.165) is 6.08 Å². The molecule has 0 aromatic rings. The molecule has 0 aliphatic rings. The first-order valence-electron chi connectivity index (χ1n) is 3.76. The molecular formula is C10H10O3. The minimum Gasteiger partial charge on any atom is -0.478 e. The van der Waals surface area contributed by atoms with Crippen LogP contribution in [0.1, 0.15) is 12.8 Å². The van der Waals surface area contributed by atoms with Crippen molar-refractivity contribution in [2.24, 2.45) is 0 Å². The van der Waals surface area contributed by atoms with Gasteiger partial charge in [-0.15, -0.1) is 0 Å². The monoisotopic (exact) mass is 178 g/mol. The summed E-state index contributed by atoms with van der Waals surface area (Å²) in [5.74, 6) is 9.11. The quantitative estimate of drug-likeness (QED) is 0.374. The lowest BCUT2D eigenvalue weighted by molar-refractivity contribution is -0.131. The number of rotatable bonds is 3. The van der Waals surface area contributed by atoms with Gasteiger partial charge in [-0.05, 0) is 24.3 Å². The number of aliphatic carboxylic acids is 1. The first kappa shape index (κ1) is 11.3. The van der Waals surface area contributed by atoms with Crippen LogP contribution < -0.4 is 0 Å². The molecule has 0 aliphatic carbocycles. The molecule has 0 radical (unpaired) electrons. The Labute approximate surface area is 77.1 Å². The predicted molar refractivity (Wildman–Crippen MR) is 48.6 cm³/mol. The maximum absolute atomic E-state index is 9.95. The fourth-order valence-electron chi connectivity index (χ4n) is 0.465. The number of hydrogen-bond acceptors (Lipinski definition) is 2. The molecule has 0 amide bonds. The largest absolute Gasteiger partial charge is 0.478 e. The van der Waals surface area contributed by atoms with Gasteiger partial charge in [-0.1, -0.05) is 11.8 Å². The van der Waals surface area contributed by atoms with Gasteiger partial charge in [-0.2, -0.15) is 0 Å². The second kappa shape index (κ2) is 8.39. The highest BCUT2D eigenvalue weighted by atomic mass is 16.4. The highest BCUT2D eigenvalue weighted by Crippen LogP contribution is 1.81. The van der Waals surface area contributed by atoms with Crippen molar-refractivity contribution in [1.29, 1.82) is 0 Å². The van der Waals surface area contributed by atoms with Gasteiger partial charge in [0.25, 0.3) is 0 Å². The summed E-state index contributed by atoms with van der Waals surface area (Å²) < 4.78 is 0. The van der Waals surface area contributed by atoms with E-state index in [1.54, 1.807) is 0 Å². The summed E-state index contributed by atoms with van der Waals surface area (Å²) in [6.45, 7) is 0.126. The van der Waals surface area contributed by atoms with E-state index in [0.29, 0.717) is 12.8 Å². The lowest BCUT2D eigenvalue weighted by Gasteiger charge is -1.80. The van der Waals surface area contributed by atoms with Gasteiger partial charge in [0.2, 0.25) is 0 Å². The Morgan fingerprint density at radius 2 is 2.15 bits per heavy atom. The third-order valence-electron chi connectivity index (χ3n) is 0.992. The van der Waals surface area contributed by atoms with Crippen LogP contribution in [-0.2, 0) is 4.79 Å². The van der Waals surface area contributed by atoms with Gasteiger partial charge in [0.1, 0.15) is 0 Å². The topological polar surface area (TPSA) is 57.5 Å². The molecule has 2 N–H and O–H groups in total. The normalized spacial score (nSPS) is 8.38. The van der Waals surface area contributed by atoms with Crippen LogP contribution in [0.5, 0.6) is 0 Å². The Morgan fingerprint density at radius 1 is 1.38 bits per heavy atom. The molecule has 0 fully saturated rings. The van der Waals surface area contributed by atoms with E-state index in [1.807, 2.05) is 0 Å². The van der Waals surface area contributed by atoms with Crippen LogP contribution >= 0.6 is 0 Å². The zero-order valence-corrected chi connectivity index (χ0v) is 7.08. The van der Waals surface area contributed by atoms with Crippen molar-refractivity contribution in [2.45, 2.75) is 12.8 Å². The van der Waals surface area contributed by atoms with Crippen LogP contribution in [0, 0.1) is 23.7 Å². The maximum Gasteiger partial charge on any atom is 0.328 e. The van der Waals surface area contributed by atoms with Crippen molar-refractivity contribution in [1.82, 2.24) is 0 Å². The predicted octanol–water partition coefficient (Wildman–Crippen LogP) is 0.406. The molecule has 3 nitrogen and oxygen atoms in total. The number of carboxylic acids is 1. The molecule has 0 heterocycles. The van der Waals surface area contributed by atoms with Gasteiger partial charge < -0.3 is 10.2 Å². The van der Waals surface area contributed by atoms with E-state index < -0.39 is 5.97 Å². The van der Waals surface area contributed by atoms with Crippen molar-refractivity contribution < 1.29 is 15.0 Å². The summed E-state index contributed by atoms with van der Waals surface area (Å²) in [7, 11) is 0. The zero-order chi connectivity index (χ0) is 9.94. The molecule has 0 unspecified atom stereocenters. The second-order valence-electron chi connectivity index (χ2n) is 2.07. The Bertz CT molecular complexity index is 294. The summed E-state index contributed by atoms with van der Waals surface area (Å²) in [5.41, 5.74) is 0. The SMILES string of the molecule is O=C(O)/C=C/C#CC#CCCCO. The van der Waals surface area contributed by atoms with Crippen molar-refractivity contribution in [2.75, 3.05) is 6.61 Å². The Hall–Kier alpha value is -1.71. The Kier molecular flexibility index (Phi) is 7.28. The number of aliphatic hydroxyl groups excluding tert-OH is 1. The molecule has 0 atom stereocenters. The van der Waals surface area contributed by atoms with Gasteiger partial charge in [-0.3, -0.25) is 0 Å². The van der Waals surface area contributed by atoms with E-state index in [1.165, 1.54) is 6.08 Å². The standard InChI is InChI=1S/C10H10O3/c11-9-7-5-3-1-2-4-6-8-10(12)13/h6,8,11H,5,7,9H2,(H,12,13)/b8-6+. The first-order valence-corrected chi connectivity index (χ1v) is 3.76. The Balaban J connectivity index is 3.70. The summed E-state index contributed by atoms with van der Waals surface area (Å²) >= 11 is 0. The molecule has 3 heteroatoms. The maximum atomic E-state index is 9.95. The molecule has 0 bridgehead atoms. The molecular weight excluding hydrogens is 168 g/mol. The first-order chi connectivity index (χ1) is 6.27. The van der Waals surface area contributed by atoms with Crippen molar-refractivity contribution in [3.8, 4) is 23.7 Å². The Morgan fingerprint density at radius 3 is 2.77 bits per heavy atom. The van der Waals surface area contributed by atoms with Gasteiger partial charge in [-0.25, -0.2) is 4.79 Å². The molecule has 0 saturated heterocycles. The number of carboxylic acid groups (broad SMARTS) is 1. The molecule has 0 aromatic carbocycles. The minimum absolute atomic E-state index is 0.126. The molecule has 68 valence electrons. The van der Waals surface area contributed by atoms with Gasteiger partial charge >= 0.3 is 5.97 Å². The summed E-state index contributed by atoms with van der Waals surface area (Å²) in [5, 5.41) is 16.6. The number of unbranched alkanes of at least 4 members (excludes halogenated alkanes) is 1.